The second-order valence-corrected chi connectivity index (χ2v) is 5.12. The molecule has 116 valence electrons. The summed E-state index contributed by atoms with van der Waals surface area (Å²) in [4.78, 5) is 13.6. The van der Waals surface area contributed by atoms with E-state index in [-0.39, 0.29) is 12.1 Å². The number of carbonyl (C=O) groups excluding carboxylic acids is 1. The minimum absolute atomic E-state index is 0.182. The van der Waals surface area contributed by atoms with Gasteiger partial charge in [0.05, 0.1) is 19.4 Å². The fraction of sp³-hybridized carbons (Fsp3) is 0.312. The standard InChI is InChI=1S/C16H18N2O4/c1-18(10-12-5-4-8-20-12)16(19)17-9-13-11-21-14-6-2-3-7-15(14)22-13/h2-8,13H,9-11H2,1H3,(H,17,19). The van der Waals surface area contributed by atoms with Crippen molar-refractivity contribution < 1.29 is 18.7 Å². The summed E-state index contributed by atoms with van der Waals surface area (Å²) in [7, 11) is 1.71. The SMILES string of the molecule is CN(Cc1ccco1)C(=O)NCC1COc2ccccc2O1. The Kier molecular flexibility index (Phi) is 4.18. The number of nitrogens with one attached hydrogen (secondary N) is 1. The van der Waals surface area contributed by atoms with E-state index in [9.17, 15) is 4.79 Å². The predicted molar refractivity (Wildman–Crippen MR) is 79.9 cm³/mol. The molecule has 0 radical (unpaired) electrons. The minimum Gasteiger partial charge on any atom is -0.486 e. The van der Waals surface area contributed by atoms with E-state index in [0.29, 0.717) is 25.4 Å². The molecule has 0 fully saturated rings. The summed E-state index contributed by atoms with van der Waals surface area (Å²) in [6.45, 7) is 1.22. The lowest BCUT2D eigenvalue weighted by Crippen LogP contribution is -2.44. The van der Waals surface area contributed by atoms with Crippen LogP contribution in [0.3, 0.4) is 0 Å². The molecule has 1 aliphatic heterocycles. The van der Waals surface area contributed by atoms with Gasteiger partial charge in [0.25, 0.3) is 0 Å². The maximum absolute atomic E-state index is 12.0. The van der Waals surface area contributed by atoms with Crippen molar-refractivity contribution >= 4 is 6.03 Å². The summed E-state index contributed by atoms with van der Waals surface area (Å²) in [6, 6.07) is 10.9. The predicted octanol–water partition coefficient (Wildman–Crippen LogP) is 2.26. The molecule has 22 heavy (non-hydrogen) atoms. The molecule has 0 saturated carbocycles. The van der Waals surface area contributed by atoms with Crippen LogP contribution in [0.1, 0.15) is 5.76 Å². The topological polar surface area (TPSA) is 63.9 Å². The third kappa shape index (κ3) is 3.33. The highest BCUT2D eigenvalue weighted by molar-refractivity contribution is 5.73. The number of urea groups is 1. The second-order valence-electron chi connectivity index (χ2n) is 5.12. The summed E-state index contributed by atoms with van der Waals surface area (Å²) in [5, 5.41) is 2.84. The van der Waals surface area contributed by atoms with Crippen LogP contribution in [0.5, 0.6) is 11.5 Å². The zero-order chi connectivity index (χ0) is 15.4. The van der Waals surface area contributed by atoms with Gasteiger partial charge in [0.2, 0.25) is 0 Å². The van der Waals surface area contributed by atoms with Gasteiger partial charge in [-0.3, -0.25) is 0 Å². The Labute approximate surface area is 128 Å². The van der Waals surface area contributed by atoms with Crippen molar-refractivity contribution in [1.29, 1.82) is 0 Å². The molecule has 1 aliphatic rings. The average Bonchev–Trinajstić information content (AvgIpc) is 3.05. The highest BCUT2D eigenvalue weighted by Crippen LogP contribution is 2.30. The Morgan fingerprint density at radius 3 is 2.86 bits per heavy atom. The molecule has 1 aromatic heterocycles. The molecule has 0 aliphatic carbocycles. The quantitative estimate of drug-likeness (QED) is 0.941. The molecule has 0 spiro atoms. The van der Waals surface area contributed by atoms with Crippen molar-refractivity contribution in [1.82, 2.24) is 10.2 Å². The number of hydrogen-bond donors (Lipinski definition) is 1. The molecule has 0 saturated heterocycles. The Balaban J connectivity index is 1.47. The number of fused-ring (bicyclic) bond motifs is 1. The number of hydrogen-bond acceptors (Lipinski definition) is 4. The number of benzene rings is 1. The molecule has 1 aromatic carbocycles. The van der Waals surface area contributed by atoms with Crippen LogP contribution in [0.25, 0.3) is 0 Å². The van der Waals surface area contributed by atoms with Crippen molar-refractivity contribution in [2.45, 2.75) is 12.6 Å². The summed E-state index contributed by atoms with van der Waals surface area (Å²) < 4.78 is 16.6. The Bertz CT molecular complexity index is 627. The second kappa shape index (κ2) is 6.43. The van der Waals surface area contributed by atoms with Crippen LogP contribution in [0.2, 0.25) is 0 Å². The van der Waals surface area contributed by atoms with Crippen LogP contribution < -0.4 is 14.8 Å². The fourth-order valence-corrected chi connectivity index (χ4v) is 2.21. The van der Waals surface area contributed by atoms with Crippen LogP contribution in [0.15, 0.2) is 47.1 Å². The Morgan fingerprint density at radius 1 is 1.27 bits per heavy atom. The largest absolute Gasteiger partial charge is 0.486 e. The summed E-state index contributed by atoms with van der Waals surface area (Å²) in [6.07, 6.45) is 1.39. The molecule has 2 heterocycles. The molecule has 0 bridgehead atoms. The van der Waals surface area contributed by atoms with Crippen LogP contribution in [0, 0.1) is 0 Å². The molecule has 1 atom stereocenters. The number of rotatable bonds is 4. The fourth-order valence-electron chi connectivity index (χ4n) is 2.21. The molecule has 2 amide bonds. The van der Waals surface area contributed by atoms with Gasteiger partial charge in [0.1, 0.15) is 12.4 Å². The number of nitrogens with zero attached hydrogens (tertiary/aromatic N) is 1. The van der Waals surface area contributed by atoms with E-state index < -0.39 is 0 Å². The average molecular weight is 302 g/mol. The van der Waals surface area contributed by atoms with Gasteiger partial charge in [-0.25, -0.2) is 4.79 Å². The molecule has 1 N–H and O–H groups in total. The van der Waals surface area contributed by atoms with Crippen molar-refractivity contribution in [2.75, 3.05) is 20.2 Å². The van der Waals surface area contributed by atoms with Gasteiger partial charge in [0.15, 0.2) is 17.6 Å². The van der Waals surface area contributed by atoms with Crippen molar-refractivity contribution in [3.8, 4) is 11.5 Å². The third-order valence-corrected chi connectivity index (χ3v) is 3.37. The van der Waals surface area contributed by atoms with Gasteiger partial charge in [-0.15, -0.1) is 0 Å². The summed E-state index contributed by atoms with van der Waals surface area (Å²) >= 11 is 0. The van der Waals surface area contributed by atoms with Crippen LogP contribution in [-0.2, 0) is 6.54 Å². The normalized spacial score (nSPS) is 16.1. The monoisotopic (exact) mass is 302 g/mol. The molecular formula is C16H18N2O4. The first-order chi connectivity index (χ1) is 10.7. The number of carbonyl (C=O) groups is 1. The van der Waals surface area contributed by atoms with Crippen molar-refractivity contribution in [2.24, 2.45) is 0 Å². The molecule has 6 nitrogen and oxygen atoms in total. The number of amides is 2. The van der Waals surface area contributed by atoms with Crippen LogP contribution in [-0.4, -0.2) is 37.2 Å². The Hall–Kier alpha value is -2.63. The van der Waals surface area contributed by atoms with E-state index in [1.807, 2.05) is 30.3 Å². The molecule has 3 rings (SSSR count). The number of para-hydroxylation sites is 2. The zero-order valence-electron chi connectivity index (χ0n) is 12.3. The first kappa shape index (κ1) is 14.3. The van der Waals surface area contributed by atoms with E-state index >= 15 is 0 Å². The lowest BCUT2D eigenvalue weighted by Gasteiger charge is -2.27. The smallest absolute Gasteiger partial charge is 0.317 e. The highest BCUT2D eigenvalue weighted by atomic mass is 16.6. The van der Waals surface area contributed by atoms with Gasteiger partial charge in [-0.1, -0.05) is 12.1 Å². The maximum atomic E-state index is 12.0. The molecule has 6 heteroatoms. The van der Waals surface area contributed by atoms with Gasteiger partial charge in [0, 0.05) is 7.05 Å². The van der Waals surface area contributed by atoms with Crippen molar-refractivity contribution in [3.63, 3.8) is 0 Å². The lowest BCUT2D eigenvalue weighted by molar-refractivity contribution is 0.0903. The lowest BCUT2D eigenvalue weighted by atomic mass is 10.2. The van der Waals surface area contributed by atoms with E-state index in [2.05, 4.69) is 5.32 Å². The zero-order valence-corrected chi connectivity index (χ0v) is 12.3. The minimum atomic E-state index is -0.198. The van der Waals surface area contributed by atoms with Gasteiger partial charge < -0.3 is 24.1 Å². The van der Waals surface area contributed by atoms with Gasteiger partial charge in [-0.05, 0) is 24.3 Å². The molecular weight excluding hydrogens is 284 g/mol. The van der Waals surface area contributed by atoms with Gasteiger partial charge >= 0.3 is 6.03 Å². The van der Waals surface area contributed by atoms with Gasteiger partial charge in [-0.2, -0.15) is 0 Å². The van der Waals surface area contributed by atoms with E-state index in [4.69, 9.17) is 13.9 Å². The third-order valence-electron chi connectivity index (χ3n) is 3.37. The van der Waals surface area contributed by atoms with Crippen LogP contribution in [0.4, 0.5) is 4.79 Å². The summed E-state index contributed by atoms with van der Waals surface area (Å²) in [5.41, 5.74) is 0. The molecule has 2 aromatic rings. The maximum Gasteiger partial charge on any atom is 0.317 e. The number of ether oxygens (including phenoxy) is 2. The van der Waals surface area contributed by atoms with Crippen molar-refractivity contribution in [3.05, 3.63) is 48.4 Å². The van der Waals surface area contributed by atoms with Crippen LogP contribution >= 0.6 is 0 Å². The highest BCUT2D eigenvalue weighted by Gasteiger charge is 2.21. The van der Waals surface area contributed by atoms with E-state index in [1.165, 1.54) is 0 Å². The Morgan fingerprint density at radius 2 is 2.09 bits per heavy atom. The first-order valence-corrected chi connectivity index (χ1v) is 7.12. The number of furan rings is 1. The molecule has 1 unspecified atom stereocenters. The van der Waals surface area contributed by atoms with E-state index in [0.717, 1.165) is 11.5 Å². The van der Waals surface area contributed by atoms with E-state index in [1.54, 1.807) is 24.3 Å². The summed E-state index contributed by atoms with van der Waals surface area (Å²) in [5.74, 6) is 2.18. The first-order valence-electron chi connectivity index (χ1n) is 7.12.